The average Bonchev–Trinajstić information content (AvgIpc) is 2.65. The Hall–Kier alpha value is -2.24. The van der Waals surface area contributed by atoms with Crippen LogP contribution in [0.2, 0.25) is 10.0 Å². The lowest BCUT2D eigenvalue weighted by Crippen LogP contribution is -2.31. The van der Waals surface area contributed by atoms with Gasteiger partial charge in [0.2, 0.25) is 0 Å². The molecule has 1 N–H and O–H groups in total. The third-order valence-electron chi connectivity index (χ3n) is 3.95. The summed E-state index contributed by atoms with van der Waals surface area (Å²) in [5.74, 6) is -0.0719. The highest BCUT2D eigenvalue weighted by molar-refractivity contribution is 6.35. The Balaban J connectivity index is 1.74. The van der Waals surface area contributed by atoms with Gasteiger partial charge in [0, 0.05) is 16.5 Å². The number of carbonyl (C=O) groups excluding carboxylic acids is 2. The largest absolute Gasteiger partial charge is 0.497 e. The fourth-order valence-corrected chi connectivity index (χ4v) is 3.04. The van der Waals surface area contributed by atoms with Gasteiger partial charge in [0.25, 0.3) is 5.91 Å². The SMILES string of the molecule is COc1ccc(CCC(=O)OCC(=O)N[C@@H](C)c2ccc(Cl)cc2Cl)cc1. The maximum Gasteiger partial charge on any atom is 0.306 e. The molecule has 144 valence electrons. The number of methoxy groups -OCH3 is 1. The molecule has 5 nitrogen and oxygen atoms in total. The summed E-state index contributed by atoms with van der Waals surface area (Å²) < 4.78 is 10.1. The second kappa shape index (κ2) is 10.2. The molecule has 1 amide bonds. The van der Waals surface area contributed by atoms with Gasteiger partial charge in [0.1, 0.15) is 5.75 Å². The highest BCUT2D eigenvalue weighted by atomic mass is 35.5. The van der Waals surface area contributed by atoms with E-state index in [1.807, 2.05) is 24.3 Å². The van der Waals surface area contributed by atoms with Crippen LogP contribution in [0.3, 0.4) is 0 Å². The molecular formula is C20H21Cl2NO4. The maximum atomic E-state index is 12.0. The van der Waals surface area contributed by atoms with Crippen molar-refractivity contribution in [3.05, 3.63) is 63.6 Å². The van der Waals surface area contributed by atoms with E-state index >= 15 is 0 Å². The van der Waals surface area contributed by atoms with Crippen molar-refractivity contribution in [2.45, 2.75) is 25.8 Å². The second-order valence-corrected chi connectivity index (χ2v) is 6.81. The molecule has 2 aromatic rings. The van der Waals surface area contributed by atoms with Crippen LogP contribution >= 0.6 is 23.2 Å². The zero-order valence-electron chi connectivity index (χ0n) is 15.1. The molecule has 0 aliphatic heterocycles. The number of hydrogen-bond acceptors (Lipinski definition) is 4. The first-order valence-corrected chi connectivity index (χ1v) is 9.17. The van der Waals surface area contributed by atoms with E-state index in [0.29, 0.717) is 16.5 Å². The van der Waals surface area contributed by atoms with Crippen LogP contribution in [0.25, 0.3) is 0 Å². The summed E-state index contributed by atoms with van der Waals surface area (Å²) in [5.41, 5.74) is 1.73. The molecule has 0 aliphatic carbocycles. The molecule has 0 spiro atoms. The van der Waals surface area contributed by atoms with E-state index in [-0.39, 0.29) is 19.1 Å². The summed E-state index contributed by atoms with van der Waals surface area (Å²) in [6.45, 7) is 1.45. The lowest BCUT2D eigenvalue weighted by atomic mass is 10.1. The molecule has 0 heterocycles. The van der Waals surface area contributed by atoms with Crippen LogP contribution in [-0.2, 0) is 20.7 Å². The highest BCUT2D eigenvalue weighted by Gasteiger charge is 2.14. The van der Waals surface area contributed by atoms with Crippen molar-refractivity contribution >= 4 is 35.1 Å². The van der Waals surface area contributed by atoms with E-state index in [2.05, 4.69) is 5.32 Å². The predicted molar refractivity (Wildman–Crippen MR) is 105 cm³/mol. The van der Waals surface area contributed by atoms with E-state index in [1.165, 1.54) is 0 Å². The minimum atomic E-state index is -0.432. The average molecular weight is 410 g/mol. The lowest BCUT2D eigenvalue weighted by molar-refractivity contribution is -0.148. The summed E-state index contributed by atoms with van der Waals surface area (Å²) in [6.07, 6.45) is 0.722. The molecule has 0 radical (unpaired) electrons. The second-order valence-electron chi connectivity index (χ2n) is 5.96. The standard InChI is InChI=1S/C20H21Cl2NO4/c1-13(17-9-6-15(21)11-18(17)22)23-19(24)12-27-20(25)10-5-14-3-7-16(26-2)8-4-14/h3-4,6-9,11,13H,5,10,12H2,1-2H3,(H,23,24)/t13-/m0/s1. The van der Waals surface area contributed by atoms with Gasteiger partial charge >= 0.3 is 5.97 Å². The minimum Gasteiger partial charge on any atom is -0.497 e. The van der Waals surface area contributed by atoms with Crippen LogP contribution in [0.4, 0.5) is 0 Å². The number of carbonyl (C=O) groups is 2. The summed E-state index contributed by atoms with van der Waals surface area (Å²) in [6, 6.07) is 12.2. The number of aryl methyl sites for hydroxylation is 1. The summed E-state index contributed by atoms with van der Waals surface area (Å²) in [5, 5.41) is 3.73. The Kier molecular flexibility index (Phi) is 7.95. The van der Waals surface area contributed by atoms with Gasteiger partial charge in [0.05, 0.1) is 13.2 Å². The van der Waals surface area contributed by atoms with Crippen molar-refractivity contribution in [2.75, 3.05) is 13.7 Å². The van der Waals surface area contributed by atoms with Crippen LogP contribution < -0.4 is 10.1 Å². The van der Waals surface area contributed by atoms with E-state index in [9.17, 15) is 9.59 Å². The van der Waals surface area contributed by atoms with Crippen molar-refractivity contribution < 1.29 is 19.1 Å². The molecule has 0 unspecified atom stereocenters. The highest BCUT2D eigenvalue weighted by Crippen LogP contribution is 2.26. The van der Waals surface area contributed by atoms with E-state index < -0.39 is 11.9 Å². The molecule has 7 heteroatoms. The summed E-state index contributed by atoms with van der Waals surface area (Å²) in [7, 11) is 1.60. The molecule has 0 aromatic heterocycles. The predicted octanol–water partition coefficient (Wildman–Crippen LogP) is 4.36. The lowest BCUT2D eigenvalue weighted by Gasteiger charge is -2.16. The van der Waals surface area contributed by atoms with Gasteiger partial charge in [0.15, 0.2) is 6.61 Å². The molecule has 0 fully saturated rings. The van der Waals surface area contributed by atoms with Crippen LogP contribution in [0, 0.1) is 0 Å². The first-order valence-electron chi connectivity index (χ1n) is 8.42. The molecule has 0 bridgehead atoms. The van der Waals surface area contributed by atoms with E-state index in [4.69, 9.17) is 32.7 Å². The number of nitrogens with one attached hydrogen (secondary N) is 1. The van der Waals surface area contributed by atoms with Crippen molar-refractivity contribution in [3.8, 4) is 5.75 Å². The smallest absolute Gasteiger partial charge is 0.306 e. The number of esters is 1. The molecule has 0 saturated carbocycles. The van der Waals surface area contributed by atoms with Crippen LogP contribution in [0.15, 0.2) is 42.5 Å². The molecule has 0 aliphatic rings. The normalized spacial score (nSPS) is 11.6. The maximum absolute atomic E-state index is 12.0. The third-order valence-corrected chi connectivity index (χ3v) is 4.51. The number of rotatable bonds is 8. The molecule has 2 aromatic carbocycles. The zero-order chi connectivity index (χ0) is 19.8. The van der Waals surface area contributed by atoms with Crippen molar-refractivity contribution in [1.82, 2.24) is 5.32 Å². The molecule has 27 heavy (non-hydrogen) atoms. The quantitative estimate of drug-likeness (QED) is 0.657. The van der Waals surface area contributed by atoms with Gasteiger partial charge in [-0.15, -0.1) is 0 Å². The van der Waals surface area contributed by atoms with Crippen molar-refractivity contribution in [2.24, 2.45) is 0 Å². The topological polar surface area (TPSA) is 64.6 Å². The van der Waals surface area contributed by atoms with Gasteiger partial charge in [-0.3, -0.25) is 9.59 Å². The molecule has 0 saturated heterocycles. The fourth-order valence-electron chi connectivity index (χ4n) is 2.47. The van der Waals surface area contributed by atoms with Gasteiger partial charge in [-0.2, -0.15) is 0 Å². The summed E-state index contributed by atoms with van der Waals surface area (Å²) >= 11 is 12.0. The fraction of sp³-hybridized carbons (Fsp3) is 0.300. The Morgan fingerprint density at radius 3 is 2.44 bits per heavy atom. The Bertz CT molecular complexity index is 793. The molecular weight excluding hydrogens is 389 g/mol. The number of ether oxygens (including phenoxy) is 2. The van der Waals surface area contributed by atoms with Crippen LogP contribution in [0.5, 0.6) is 5.75 Å². The van der Waals surface area contributed by atoms with Crippen LogP contribution in [0.1, 0.15) is 30.5 Å². The van der Waals surface area contributed by atoms with Gasteiger partial charge in [-0.25, -0.2) is 0 Å². The van der Waals surface area contributed by atoms with Crippen LogP contribution in [-0.4, -0.2) is 25.6 Å². The summed E-state index contributed by atoms with van der Waals surface area (Å²) in [4.78, 5) is 23.8. The van der Waals surface area contributed by atoms with Gasteiger partial charge in [-0.1, -0.05) is 41.4 Å². The molecule has 1 atom stereocenters. The Morgan fingerprint density at radius 2 is 1.81 bits per heavy atom. The number of hydrogen-bond donors (Lipinski definition) is 1. The monoisotopic (exact) mass is 409 g/mol. The number of amides is 1. The Labute approximate surface area is 168 Å². The van der Waals surface area contributed by atoms with Gasteiger partial charge in [-0.05, 0) is 48.7 Å². The zero-order valence-corrected chi connectivity index (χ0v) is 16.6. The van der Waals surface area contributed by atoms with Gasteiger partial charge < -0.3 is 14.8 Å². The third kappa shape index (κ3) is 6.77. The first-order chi connectivity index (χ1) is 12.9. The van der Waals surface area contributed by atoms with E-state index in [1.54, 1.807) is 32.2 Å². The molecule has 2 rings (SSSR count). The minimum absolute atomic E-state index is 0.193. The number of benzene rings is 2. The van der Waals surface area contributed by atoms with Crippen molar-refractivity contribution in [1.29, 1.82) is 0 Å². The Morgan fingerprint density at radius 1 is 1.11 bits per heavy atom. The van der Waals surface area contributed by atoms with E-state index in [0.717, 1.165) is 16.9 Å². The van der Waals surface area contributed by atoms with Crippen molar-refractivity contribution in [3.63, 3.8) is 0 Å². The first kappa shape index (κ1) is 21.1. The number of halogens is 2.